The first-order valence-electron chi connectivity index (χ1n) is 13.1. The third-order valence-corrected chi connectivity index (χ3v) is 8.77. The monoisotopic (exact) mass is 534 g/mol. The van der Waals surface area contributed by atoms with Crippen LogP contribution in [-0.4, -0.2) is 35.0 Å². The van der Waals surface area contributed by atoms with Gasteiger partial charge in [-0.15, -0.1) is 22.7 Å². The molecule has 198 valence electrons. The highest BCUT2D eigenvalue weighted by Gasteiger charge is 2.46. The van der Waals surface area contributed by atoms with Crippen LogP contribution in [0.1, 0.15) is 90.4 Å². The SMILES string of the molecule is CCCC[C@H]1C[C@](C)(c2csc(NCCNc3nc([C@@]4(C)C[C@H](CCCC)C(=O)O4)cs3)n2)OC1=O. The zero-order chi connectivity index (χ0) is 25.8. The van der Waals surface area contributed by atoms with Crippen molar-refractivity contribution in [3.05, 3.63) is 22.1 Å². The Hall–Kier alpha value is -2.20. The first kappa shape index (κ1) is 26.9. The van der Waals surface area contributed by atoms with Gasteiger partial charge in [0.1, 0.15) is 0 Å². The Morgan fingerprint density at radius 2 is 1.25 bits per heavy atom. The second-order valence-electron chi connectivity index (χ2n) is 10.3. The summed E-state index contributed by atoms with van der Waals surface area (Å²) in [6.45, 7) is 9.54. The largest absolute Gasteiger partial charge is 0.453 e. The fourth-order valence-electron chi connectivity index (χ4n) is 4.99. The molecule has 2 saturated heterocycles. The number of cyclic esters (lactones) is 2. The van der Waals surface area contributed by atoms with Gasteiger partial charge in [-0.1, -0.05) is 39.5 Å². The molecule has 4 rings (SSSR count). The highest BCUT2D eigenvalue weighted by Crippen LogP contribution is 2.43. The average Bonchev–Trinajstić information content (AvgIpc) is 3.62. The van der Waals surface area contributed by atoms with E-state index in [-0.39, 0.29) is 23.8 Å². The van der Waals surface area contributed by atoms with Gasteiger partial charge in [0.05, 0.1) is 23.2 Å². The lowest BCUT2D eigenvalue weighted by molar-refractivity contribution is -0.151. The third kappa shape index (κ3) is 6.02. The van der Waals surface area contributed by atoms with Crippen LogP contribution in [0, 0.1) is 11.8 Å². The van der Waals surface area contributed by atoms with Crippen molar-refractivity contribution in [2.45, 2.75) is 90.3 Å². The molecule has 0 amide bonds. The molecule has 0 spiro atoms. The van der Waals surface area contributed by atoms with Crippen LogP contribution in [0.25, 0.3) is 0 Å². The number of nitrogens with one attached hydrogen (secondary N) is 2. The molecule has 0 aromatic carbocycles. The van der Waals surface area contributed by atoms with E-state index in [0.717, 1.165) is 60.2 Å². The van der Waals surface area contributed by atoms with E-state index in [9.17, 15) is 9.59 Å². The van der Waals surface area contributed by atoms with E-state index in [0.29, 0.717) is 25.9 Å². The summed E-state index contributed by atoms with van der Waals surface area (Å²) < 4.78 is 11.5. The van der Waals surface area contributed by atoms with E-state index in [1.54, 1.807) is 0 Å². The lowest BCUT2D eigenvalue weighted by Crippen LogP contribution is -2.22. The number of anilines is 2. The predicted octanol–water partition coefficient (Wildman–Crippen LogP) is 6.06. The number of esters is 2. The first-order valence-corrected chi connectivity index (χ1v) is 14.9. The molecular weight excluding hydrogens is 496 g/mol. The summed E-state index contributed by atoms with van der Waals surface area (Å²) in [5.41, 5.74) is 0.348. The minimum absolute atomic E-state index is 0.0299. The summed E-state index contributed by atoms with van der Waals surface area (Å²) in [7, 11) is 0. The highest BCUT2D eigenvalue weighted by atomic mass is 32.1. The van der Waals surface area contributed by atoms with Crippen molar-refractivity contribution in [2.24, 2.45) is 11.8 Å². The highest BCUT2D eigenvalue weighted by molar-refractivity contribution is 7.14. The maximum Gasteiger partial charge on any atom is 0.310 e. The number of carbonyl (C=O) groups is 2. The summed E-state index contributed by atoms with van der Waals surface area (Å²) in [5.74, 6) is -0.258. The molecule has 2 N–H and O–H groups in total. The zero-order valence-corrected chi connectivity index (χ0v) is 23.4. The minimum Gasteiger partial charge on any atom is -0.453 e. The Balaban J connectivity index is 1.24. The first-order chi connectivity index (χ1) is 17.3. The fourth-order valence-corrected chi connectivity index (χ4v) is 6.71. The minimum atomic E-state index is -0.642. The van der Waals surface area contributed by atoms with Gasteiger partial charge in [-0.05, 0) is 26.7 Å². The van der Waals surface area contributed by atoms with Crippen molar-refractivity contribution in [1.29, 1.82) is 0 Å². The maximum atomic E-state index is 12.3. The number of unbranched alkanes of at least 4 members (excludes halogenated alkanes) is 2. The Kier molecular flexibility index (Phi) is 8.55. The zero-order valence-electron chi connectivity index (χ0n) is 21.7. The number of thiazole rings is 2. The molecule has 10 heteroatoms. The van der Waals surface area contributed by atoms with Crippen LogP contribution < -0.4 is 10.6 Å². The molecule has 0 radical (unpaired) electrons. The molecule has 0 aliphatic carbocycles. The third-order valence-electron chi connectivity index (χ3n) is 7.17. The Morgan fingerprint density at radius 1 is 0.833 bits per heavy atom. The number of hydrogen-bond acceptors (Lipinski definition) is 10. The summed E-state index contributed by atoms with van der Waals surface area (Å²) in [4.78, 5) is 34.0. The lowest BCUT2D eigenvalue weighted by atomic mass is 9.90. The molecule has 2 aliphatic rings. The predicted molar refractivity (Wildman–Crippen MR) is 143 cm³/mol. The van der Waals surface area contributed by atoms with Crippen molar-refractivity contribution in [3.8, 4) is 0 Å². The van der Waals surface area contributed by atoms with Gasteiger partial charge >= 0.3 is 11.9 Å². The van der Waals surface area contributed by atoms with Gasteiger partial charge < -0.3 is 20.1 Å². The molecule has 4 atom stereocenters. The van der Waals surface area contributed by atoms with Gasteiger partial charge in [-0.25, -0.2) is 9.97 Å². The van der Waals surface area contributed by atoms with Gasteiger partial charge in [-0.3, -0.25) is 9.59 Å². The molecule has 0 unspecified atom stereocenters. The topological polar surface area (TPSA) is 102 Å². The second-order valence-corrected chi connectivity index (χ2v) is 12.0. The molecule has 2 aliphatic heterocycles. The lowest BCUT2D eigenvalue weighted by Gasteiger charge is -2.20. The quantitative estimate of drug-likeness (QED) is 0.236. The van der Waals surface area contributed by atoms with Crippen LogP contribution in [-0.2, 0) is 30.3 Å². The normalized spacial score (nSPS) is 27.8. The van der Waals surface area contributed by atoms with Crippen molar-refractivity contribution >= 4 is 44.9 Å². The molecule has 2 aromatic rings. The van der Waals surface area contributed by atoms with Crippen molar-refractivity contribution < 1.29 is 19.1 Å². The molecular formula is C26H38N4O4S2. The molecule has 2 aromatic heterocycles. The second kappa shape index (κ2) is 11.5. The summed E-state index contributed by atoms with van der Waals surface area (Å²) in [6.07, 6.45) is 7.37. The van der Waals surface area contributed by atoms with E-state index >= 15 is 0 Å². The van der Waals surface area contributed by atoms with E-state index < -0.39 is 11.2 Å². The van der Waals surface area contributed by atoms with Gasteiger partial charge in [0, 0.05) is 36.7 Å². The van der Waals surface area contributed by atoms with Crippen molar-refractivity contribution in [3.63, 3.8) is 0 Å². The molecule has 0 bridgehead atoms. The van der Waals surface area contributed by atoms with E-state index in [4.69, 9.17) is 19.4 Å². The molecule has 36 heavy (non-hydrogen) atoms. The van der Waals surface area contributed by atoms with Crippen LogP contribution in [0.2, 0.25) is 0 Å². The van der Waals surface area contributed by atoms with Crippen LogP contribution in [0.4, 0.5) is 10.3 Å². The van der Waals surface area contributed by atoms with Crippen LogP contribution in [0.15, 0.2) is 10.8 Å². The Labute approximate surface area is 221 Å². The van der Waals surface area contributed by atoms with Crippen molar-refractivity contribution in [1.82, 2.24) is 9.97 Å². The van der Waals surface area contributed by atoms with Gasteiger partial charge in [0.2, 0.25) is 0 Å². The molecule has 8 nitrogen and oxygen atoms in total. The summed E-state index contributed by atoms with van der Waals surface area (Å²) in [6, 6.07) is 0. The maximum absolute atomic E-state index is 12.3. The number of aromatic nitrogens is 2. The molecule has 2 fully saturated rings. The number of rotatable bonds is 13. The van der Waals surface area contributed by atoms with E-state index in [1.165, 1.54) is 22.7 Å². The number of ether oxygens (including phenoxy) is 2. The number of nitrogens with zero attached hydrogens (tertiary/aromatic N) is 2. The Bertz CT molecular complexity index is 974. The van der Waals surface area contributed by atoms with Crippen LogP contribution >= 0.6 is 22.7 Å². The van der Waals surface area contributed by atoms with E-state index in [1.807, 2.05) is 24.6 Å². The van der Waals surface area contributed by atoms with Crippen LogP contribution in [0.5, 0.6) is 0 Å². The van der Waals surface area contributed by atoms with E-state index in [2.05, 4.69) is 24.5 Å². The van der Waals surface area contributed by atoms with Gasteiger partial charge in [0.15, 0.2) is 21.5 Å². The fraction of sp³-hybridized carbons (Fsp3) is 0.692. The smallest absolute Gasteiger partial charge is 0.310 e. The van der Waals surface area contributed by atoms with Crippen LogP contribution in [0.3, 0.4) is 0 Å². The number of hydrogen-bond donors (Lipinski definition) is 2. The number of carbonyl (C=O) groups excluding carboxylic acids is 2. The van der Waals surface area contributed by atoms with Gasteiger partial charge in [-0.2, -0.15) is 0 Å². The summed E-state index contributed by atoms with van der Waals surface area (Å²) >= 11 is 3.05. The van der Waals surface area contributed by atoms with Gasteiger partial charge in [0.25, 0.3) is 0 Å². The van der Waals surface area contributed by atoms with Crippen molar-refractivity contribution in [2.75, 3.05) is 23.7 Å². The molecule has 4 heterocycles. The summed E-state index contributed by atoms with van der Waals surface area (Å²) in [5, 5.41) is 12.3. The average molecular weight is 535 g/mol. The Morgan fingerprint density at radius 3 is 1.64 bits per heavy atom. The molecule has 0 saturated carbocycles. The standard InChI is InChI=1S/C26H38N4O4S2/c1-5-7-9-17-13-25(3,33-21(17)31)19-15-35-23(29-19)27-11-12-28-24-30-20(16-36-24)26(4)14-18(10-8-6-2)22(32)34-26/h15-18H,5-14H2,1-4H3,(H,27,29)(H,28,30)/t17-,18-,25+,26+/m0/s1.